The summed E-state index contributed by atoms with van der Waals surface area (Å²) >= 11 is 6.36. The van der Waals surface area contributed by atoms with Crippen molar-refractivity contribution >= 4 is 29.4 Å². The van der Waals surface area contributed by atoms with E-state index in [-0.39, 0.29) is 29.7 Å². The number of carbonyl (C=O) groups excluding carboxylic acids is 3. The van der Waals surface area contributed by atoms with Gasteiger partial charge in [-0.05, 0) is 50.5 Å². The second kappa shape index (κ2) is 15.6. The molecule has 0 bridgehead atoms. The van der Waals surface area contributed by atoms with Gasteiger partial charge in [0.25, 0.3) is 5.91 Å². The van der Waals surface area contributed by atoms with E-state index >= 15 is 0 Å². The van der Waals surface area contributed by atoms with E-state index in [1.165, 1.54) is 33.2 Å². The second-order valence-corrected chi connectivity index (χ2v) is 10.0. The smallest absolute Gasteiger partial charge is 0.328 e. The Morgan fingerprint density at radius 3 is 2.40 bits per heavy atom. The van der Waals surface area contributed by atoms with Crippen LogP contribution < -0.4 is 19.5 Å². The third-order valence-corrected chi connectivity index (χ3v) is 6.61. The quantitative estimate of drug-likeness (QED) is 0.203. The molecule has 1 heterocycles. The Balaban J connectivity index is 1.68. The number of carbonyl (C=O) groups is 3. The first-order valence-electron chi connectivity index (χ1n) is 13.3. The van der Waals surface area contributed by atoms with Crippen molar-refractivity contribution in [2.75, 3.05) is 20.5 Å². The summed E-state index contributed by atoms with van der Waals surface area (Å²) in [5.74, 6) is -1.44. The molecule has 0 aliphatic heterocycles. The van der Waals surface area contributed by atoms with Crippen LogP contribution in [0.1, 0.15) is 42.4 Å². The van der Waals surface area contributed by atoms with Gasteiger partial charge < -0.3 is 29.0 Å². The Hall–Kier alpha value is -4.31. The fourth-order valence-corrected chi connectivity index (χ4v) is 4.26. The molecule has 11 heteroatoms. The first-order valence-corrected chi connectivity index (χ1v) is 13.7. The van der Waals surface area contributed by atoms with Gasteiger partial charge in [0.1, 0.15) is 17.9 Å². The highest BCUT2D eigenvalue weighted by Gasteiger charge is 2.28. The van der Waals surface area contributed by atoms with Crippen LogP contribution in [0.4, 0.5) is 0 Å². The van der Waals surface area contributed by atoms with Gasteiger partial charge in [0, 0.05) is 25.1 Å². The van der Waals surface area contributed by atoms with Crippen LogP contribution in [0, 0.1) is 12.8 Å². The number of hydrogen-bond donors (Lipinski definition) is 1. The average molecular weight is 599 g/mol. The molecule has 0 saturated carbocycles. The van der Waals surface area contributed by atoms with Crippen molar-refractivity contribution in [3.63, 3.8) is 0 Å². The number of nitrogens with one attached hydrogen (secondary N) is 1. The topological polar surface area (TPSA) is 122 Å². The van der Waals surface area contributed by atoms with Crippen LogP contribution in [0.15, 0.2) is 60.8 Å². The van der Waals surface area contributed by atoms with E-state index in [9.17, 15) is 14.4 Å². The first-order chi connectivity index (χ1) is 20.1. The minimum atomic E-state index is -1.03. The van der Waals surface area contributed by atoms with Gasteiger partial charge in [0.15, 0.2) is 17.2 Å². The molecule has 1 aromatic heterocycles. The third-order valence-electron chi connectivity index (χ3n) is 6.32. The molecule has 3 atom stereocenters. The van der Waals surface area contributed by atoms with Crippen LogP contribution in [0.25, 0.3) is 0 Å². The summed E-state index contributed by atoms with van der Waals surface area (Å²) in [5.41, 5.74) is 1.91. The van der Waals surface area contributed by atoms with Gasteiger partial charge in [-0.2, -0.15) is 0 Å². The number of rotatable bonds is 14. The number of benzene rings is 2. The summed E-state index contributed by atoms with van der Waals surface area (Å²) in [6, 6.07) is 15.8. The number of halogens is 1. The largest absolute Gasteiger partial charge is 0.493 e. The molecular weight excluding hydrogens is 564 g/mol. The van der Waals surface area contributed by atoms with E-state index in [0.717, 1.165) is 11.1 Å². The van der Waals surface area contributed by atoms with Gasteiger partial charge in [-0.25, -0.2) is 9.78 Å². The predicted octanol–water partition coefficient (Wildman–Crippen LogP) is 4.94. The monoisotopic (exact) mass is 598 g/mol. The molecule has 3 aromatic rings. The lowest BCUT2D eigenvalue weighted by Crippen LogP contribution is -2.42. The summed E-state index contributed by atoms with van der Waals surface area (Å²) in [5, 5.41) is 3.08. The Morgan fingerprint density at radius 2 is 1.74 bits per heavy atom. The van der Waals surface area contributed by atoms with Crippen molar-refractivity contribution < 1.29 is 38.1 Å². The van der Waals surface area contributed by atoms with E-state index in [2.05, 4.69) is 10.3 Å². The van der Waals surface area contributed by atoms with Crippen molar-refractivity contribution in [1.29, 1.82) is 0 Å². The van der Waals surface area contributed by atoms with Crippen molar-refractivity contribution in [3.05, 3.63) is 82.6 Å². The van der Waals surface area contributed by atoms with Gasteiger partial charge in [-0.1, -0.05) is 48.0 Å². The first kappa shape index (κ1) is 32.2. The number of hydrogen-bond acceptors (Lipinski definition) is 9. The molecule has 42 heavy (non-hydrogen) atoms. The molecule has 0 aliphatic rings. The van der Waals surface area contributed by atoms with Gasteiger partial charge in [0.2, 0.25) is 6.79 Å². The highest BCUT2D eigenvalue weighted by atomic mass is 35.5. The molecule has 0 saturated heterocycles. The van der Waals surface area contributed by atoms with E-state index in [1.807, 2.05) is 55.5 Å². The lowest BCUT2D eigenvalue weighted by Gasteiger charge is -2.26. The maximum Gasteiger partial charge on any atom is 0.328 e. The Bertz CT molecular complexity index is 1370. The number of methoxy groups -OCH3 is 1. The molecular formula is C31H35ClN2O8. The number of amides is 1. The number of aryl methyl sites for hydroxylation is 1. The summed E-state index contributed by atoms with van der Waals surface area (Å²) in [4.78, 5) is 41.3. The molecule has 2 aromatic carbocycles. The zero-order valence-corrected chi connectivity index (χ0v) is 25.0. The highest BCUT2D eigenvalue weighted by Crippen LogP contribution is 2.30. The van der Waals surface area contributed by atoms with Crippen molar-refractivity contribution in [2.24, 2.45) is 5.92 Å². The SMILES string of the molecule is COc1ccnc(C(=O)N[C@@H](C)C(=O)O[C@@H](C)[C@@H](COc2ccc(C)cc2Cl)Cc2ccccc2)c1OCOC(C)=O. The second-order valence-electron chi connectivity index (χ2n) is 9.62. The van der Waals surface area contributed by atoms with Crippen molar-refractivity contribution in [3.8, 4) is 17.2 Å². The highest BCUT2D eigenvalue weighted by molar-refractivity contribution is 6.32. The van der Waals surface area contributed by atoms with Crippen LogP contribution in [0.5, 0.6) is 17.2 Å². The Morgan fingerprint density at radius 1 is 1.00 bits per heavy atom. The molecule has 3 rings (SSSR count). The summed E-state index contributed by atoms with van der Waals surface area (Å²) in [6.07, 6.45) is 1.36. The number of ether oxygens (including phenoxy) is 5. The van der Waals surface area contributed by atoms with E-state index in [4.69, 9.17) is 35.3 Å². The minimum Gasteiger partial charge on any atom is -0.493 e. The lowest BCUT2D eigenvalue weighted by molar-refractivity contribution is -0.153. The zero-order chi connectivity index (χ0) is 30.6. The summed E-state index contributed by atoms with van der Waals surface area (Å²) < 4.78 is 27.3. The average Bonchev–Trinajstić information content (AvgIpc) is 2.96. The van der Waals surface area contributed by atoms with Crippen LogP contribution >= 0.6 is 11.6 Å². The number of pyridine rings is 1. The van der Waals surface area contributed by atoms with Gasteiger partial charge in [0.05, 0.1) is 18.7 Å². The molecule has 1 N–H and O–H groups in total. The third kappa shape index (κ3) is 9.37. The van der Waals surface area contributed by atoms with Crippen LogP contribution in [-0.4, -0.2) is 55.5 Å². The molecule has 224 valence electrons. The number of nitrogens with zero attached hydrogens (tertiary/aromatic N) is 1. The molecule has 0 fully saturated rings. The number of esters is 2. The molecule has 0 radical (unpaired) electrons. The van der Waals surface area contributed by atoms with Gasteiger partial charge >= 0.3 is 11.9 Å². The zero-order valence-electron chi connectivity index (χ0n) is 24.2. The molecule has 0 unspecified atom stereocenters. The molecule has 0 aliphatic carbocycles. The summed E-state index contributed by atoms with van der Waals surface area (Å²) in [6.45, 7) is 6.23. The van der Waals surface area contributed by atoms with Gasteiger partial charge in [-0.3, -0.25) is 9.59 Å². The molecule has 10 nitrogen and oxygen atoms in total. The van der Waals surface area contributed by atoms with Crippen molar-refractivity contribution in [1.82, 2.24) is 10.3 Å². The Kier molecular flexibility index (Phi) is 12.0. The summed E-state index contributed by atoms with van der Waals surface area (Å²) in [7, 11) is 1.39. The maximum absolute atomic E-state index is 13.1. The van der Waals surface area contributed by atoms with E-state index < -0.39 is 36.8 Å². The fraction of sp³-hybridized carbons (Fsp3) is 0.355. The van der Waals surface area contributed by atoms with Crippen LogP contribution in [-0.2, 0) is 25.5 Å². The van der Waals surface area contributed by atoms with Crippen LogP contribution in [0.2, 0.25) is 5.02 Å². The lowest BCUT2D eigenvalue weighted by atomic mass is 9.95. The minimum absolute atomic E-state index is 0.0393. The van der Waals surface area contributed by atoms with E-state index in [1.54, 1.807) is 6.92 Å². The van der Waals surface area contributed by atoms with Crippen LogP contribution in [0.3, 0.4) is 0 Å². The van der Waals surface area contributed by atoms with E-state index in [0.29, 0.717) is 17.2 Å². The molecule has 0 spiro atoms. The maximum atomic E-state index is 13.1. The molecule has 1 amide bonds. The van der Waals surface area contributed by atoms with Gasteiger partial charge in [-0.15, -0.1) is 0 Å². The Labute approximate surface area is 250 Å². The number of aromatic nitrogens is 1. The van der Waals surface area contributed by atoms with Crippen molar-refractivity contribution in [2.45, 2.75) is 46.3 Å². The predicted molar refractivity (Wildman–Crippen MR) is 156 cm³/mol. The normalized spacial score (nSPS) is 12.8. The fourth-order valence-electron chi connectivity index (χ4n) is 3.97. The standard InChI is InChI=1S/C31H35ClN2O8/c1-19-11-12-26(25(32)15-19)39-17-24(16-23-9-7-6-8-10-23)21(3)42-31(37)20(2)34-30(36)28-29(41-18-40-22(4)35)27(38-5)13-14-33-28/h6-15,20-21,24H,16-18H2,1-5H3,(H,34,36)/t20-,21-,24+/m0/s1.